The van der Waals surface area contributed by atoms with Gasteiger partial charge in [0, 0.05) is 5.69 Å². The van der Waals surface area contributed by atoms with Crippen LogP contribution in [-0.4, -0.2) is 28.5 Å². The Kier molecular flexibility index (Phi) is 6.22. The van der Waals surface area contributed by atoms with Crippen LogP contribution in [0.4, 0.5) is 15.8 Å². The van der Waals surface area contributed by atoms with Crippen molar-refractivity contribution < 1.29 is 27.1 Å². The molecule has 3 rings (SSSR count). The summed E-state index contributed by atoms with van der Waals surface area (Å²) in [6.07, 6.45) is 0. The number of ether oxygens (including phenoxy) is 2. The van der Waals surface area contributed by atoms with Crippen molar-refractivity contribution in [2.75, 3.05) is 24.3 Å². The zero-order chi connectivity index (χ0) is 21.7. The fourth-order valence-corrected chi connectivity index (χ4v) is 3.77. The van der Waals surface area contributed by atoms with Crippen LogP contribution < -0.4 is 19.5 Å². The van der Waals surface area contributed by atoms with Crippen molar-refractivity contribution in [3.05, 3.63) is 78.1 Å². The van der Waals surface area contributed by atoms with Gasteiger partial charge in [0.15, 0.2) is 0 Å². The lowest BCUT2D eigenvalue weighted by Crippen LogP contribution is -2.15. The van der Waals surface area contributed by atoms with E-state index >= 15 is 0 Å². The fourth-order valence-electron chi connectivity index (χ4n) is 2.71. The lowest BCUT2D eigenvalue weighted by molar-refractivity contribution is 0.102. The summed E-state index contributed by atoms with van der Waals surface area (Å²) in [6, 6.07) is 15.6. The van der Waals surface area contributed by atoms with Crippen molar-refractivity contribution in [2.45, 2.75) is 4.90 Å². The van der Waals surface area contributed by atoms with Gasteiger partial charge in [0.25, 0.3) is 15.9 Å². The van der Waals surface area contributed by atoms with Crippen molar-refractivity contribution in [1.29, 1.82) is 0 Å². The van der Waals surface area contributed by atoms with E-state index in [-0.39, 0.29) is 16.3 Å². The fraction of sp³-hybridized carbons (Fsp3) is 0.0952. The van der Waals surface area contributed by atoms with Gasteiger partial charge < -0.3 is 14.8 Å². The molecule has 1 amide bonds. The third-order valence-corrected chi connectivity index (χ3v) is 5.56. The van der Waals surface area contributed by atoms with Gasteiger partial charge in [-0.25, -0.2) is 12.8 Å². The van der Waals surface area contributed by atoms with E-state index in [1.54, 1.807) is 30.3 Å². The Labute approximate surface area is 173 Å². The van der Waals surface area contributed by atoms with Crippen LogP contribution in [0.3, 0.4) is 0 Å². The van der Waals surface area contributed by atoms with Gasteiger partial charge in [0.2, 0.25) is 0 Å². The Hall–Kier alpha value is -3.59. The number of para-hydroxylation sites is 1. The van der Waals surface area contributed by atoms with Crippen LogP contribution >= 0.6 is 0 Å². The van der Waals surface area contributed by atoms with Crippen LogP contribution in [0.1, 0.15) is 10.4 Å². The van der Waals surface area contributed by atoms with E-state index in [0.717, 1.165) is 24.3 Å². The minimum absolute atomic E-state index is 0.111. The number of carbonyl (C=O) groups is 1. The molecule has 0 unspecified atom stereocenters. The summed E-state index contributed by atoms with van der Waals surface area (Å²) >= 11 is 0. The van der Waals surface area contributed by atoms with Gasteiger partial charge in [-0.05, 0) is 54.6 Å². The summed E-state index contributed by atoms with van der Waals surface area (Å²) in [4.78, 5) is 12.5. The molecule has 0 aromatic heterocycles. The average molecular weight is 430 g/mol. The number of carbonyl (C=O) groups excluding carboxylic acids is 1. The number of amides is 1. The second-order valence-electron chi connectivity index (χ2n) is 6.13. The molecule has 0 radical (unpaired) electrons. The van der Waals surface area contributed by atoms with E-state index in [0.29, 0.717) is 17.0 Å². The van der Waals surface area contributed by atoms with Gasteiger partial charge >= 0.3 is 0 Å². The molecule has 0 spiro atoms. The standard InChI is InChI=1S/C21H19FN2O5S/c1-28-19-6-4-3-5-17(19)21(25)23-15-9-12-20(29-2)18(13-15)24-30(26,27)16-10-7-14(22)8-11-16/h3-13,24H,1-2H3,(H,23,25). The molecule has 156 valence electrons. The van der Waals surface area contributed by atoms with Crippen LogP contribution in [0.15, 0.2) is 71.6 Å². The van der Waals surface area contributed by atoms with Crippen LogP contribution in [0.25, 0.3) is 0 Å². The van der Waals surface area contributed by atoms with E-state index in [2.05, 4.69) is 10.0 Å². The normalized spacial score (nSPS) is 10.9. The number of hydrogen-bond acceptors (Lipinski definition) is 5. The first kappa shape index (κ1) is 21.1. The Bertz CT molecular complexity index is 1160. The summed E-state index contributed by atoms with van der Waals surface area (Å²) in [5.41, 5.74) is 0.771. The molecule has 2 N–H and O–H groups in total. The van der Waals surface area contributed by atoms with E-state index in [1.165, 1.54) is 26.4 Å². The number of rotatable bonds is 7. The predicted octanol–water partition coefficient (Wildman–Crippen LogP) is 3.90. The minimum atomic E-state index is -4.00. The summed E-state index contributed by atoms with van der Waals surface area (Å²) in [7, 11) is -1.15. The topological polar surface area (TPSA) is 93.7 Å². The summed E-state index contributed by atoms with van der Waals surface area (Å²) < 4.78 is 51.2. The SMILES string of the molecule is COc1ccc(NC(=O)c2ccccc2OC)cc1NS(=O)(=O)c1ccc(F)cc1. The van der Waals surface area contributed by atoms with E-state index < -0.39 is 21.7 Å². The van der Waals surface area contributed by atoms with E-state index in [4.69, 9.17) is 9.47 Å². The smallest absolute Gasteiger partial charge is 0.262 e. The maximum absolute atomic E-state index is 13.1. The molecule has 0 heterocycles. The summed E-state index contributed by atoms with van der Waals surface area (Å²) in [6.45, 7) is 0. The molecule has 0 aliphatic carbocycles. The predicted molar refractivity (Wildman–Crippen MR) is 111 cm³/mol. The van der Waals surface area contributed by atoms with Gasteiger partial charge in [0.1, 0.15) is 17.3 Å². The molecule has 9 heteroatoms. The monoisotopic (exact) mass is 430 g/mol. The maximum atomic E-state index is 13.1. The van der Waals surface area contributed by atoms with E-state index in [9.17, 15) is 17.6 Å². The number of anilines is 2. The highest BCUT2D eigenvalue weighted by atomic mass is 32.2. The Morgan fingerprint density at radius 2 is 1.57 bits per heavy atom. The van der Waals surface area contributed by atoms with Crippen molar-refractivity contribution in [3.8, 4) is 11.5 Å². The molecule has 0 fully saturated rings. The van der Waals surface area contributed by atoms with Crippen LogP contribution in [0.5, 0.6) is 11.5 Å². The van der Waals surface area contributed by atoms with Crippen molar-refractivity contribution >= 4 is 27.3 Å². The van der Waals surface area contributed by atoms with Crippen LogP contribution in [0.2, 0.25) is 0 Å². The summed E-state index contributed by atoms with van der Waals surface area (Å²) in [5.74, 6) is -0.325. The maximum Gasteiger partial charge on any atom is 0.262 e. The van der Waals surface area contributed by atoms with Gasteiger partial charge in [-0.2, -0.15) is 0 Å². The van der Waals surface area contributed by atoms with Gasteiger partial charge in [-0.15, -0.1) is 0 Å². The lowest BCUT2D eigenvalue weighted by Gasteiger charge is -2.14. The zero-order valence-corrected chi connectivity index (χ0v) is 17.0. The number of benzene rings is 3. The van der Waals surface area contributed by atoms with Gasteiger partial charge in [-0.3, -0.25) is 9.52 Å². The van der Waals surface area contributed by atoms with Crippen molar-refractivity contribution in [1.82, 2.24) is 0 Å². The Balaban J connectivity index is 1.88. The average Bonchev–Trinajstić information content (AvgIpc) is 2.74. The van der Waals surface area contributed by atoms with Crippen LogP contribution in [0, 0.1) is 5.82 Å². The number of sulfonamides is 1. The third kappa shape index (κ3) is 4.69. The molecule has 3 aromatic rings. The number of nitrogens with one attached hydrogen (secondary N) is 2. The van der Waals surface area contributed by atoms with Gasteiger partial charge in [0.05, 0.1) is 30.4 Å². The van der Waals surface area contributed by atoms with E-state index in [1.807, 2.05) is 0 Å². The first-order valence-electron chi connectivity index (χ1n) is 8.75. The quantitative estimate of drug-likeness (QED) is 0.593. The molecule has 3 aromatic carbocycles. The molecule has 0 saturated carbocycles. The minimum Gasteiger partial charge on any atom is -0.496 e. The Morgan fingerprint density at radius 3 is 2.23 bits per heavy atom. The van der Waals surface area contributed by atoms with Crippen molar-refractivity contribution in [2.24, 2.45) is 0 Å². The highest BCUT2D eigenvalue weighted by Crippen LogP contribution is 2.30. The van der Waals surface area contributed by atoms with Gasteiger partial charge in [-0.1, -0.05) is 12.1 Å². The largest absolute Gasteiger partial charge is 0.496 e. The highest BCUT2D eigenvalue weighted by molar-refractivity contribution is 7.92. The lowest BCUT2D eigenvalue weighted by atomic mass is 10.1. The highest BCUT2D eigenvalue weighted by Gasteiger charge is 2.18. The number of halogens is 1. The third-order valence-electron chi connectivity index (χ3n) is 4.18. The molecule has 30 heavy (non-hydrogen) atoms. The second kappa shape index (κ2) is 8.83. The summed E-state index contributed by atoms with van der Waals surface area (Å²) in [5, 5.41) is 2.70. The zero-order valence-electron chi connectivity index (χ0n) is 16.2. The number of hydrogen-bond donors (Lipinski definition) is 2. The first-order valence-corrected chi connectivity index (χ1v) is 10.2. The molecule has 0 atom stereocenters. The Morgan fingerprint density at radius 1 is 0.900 bits per heavy atom. The molecular weight excluding hydrogens is 411 g/mol. The molecule has 0 saturated heterocycles. The van der Waals surface area contributed by atoms with Crippen molar-refractivity contribution in [3.63, 3.8) is 0 Å². The molecule has 0 aliphatic heterocycles. The molecule has 7 nitrogen and oxygen atoms in total. The molecular formula is C21H19FN2O5S. The molecule has 0 aliphatic rings. The van der Waals surface area contributed by atoms with Crippen LogP contribution in [-0.2, 0) is 10.0 Å². The first-order chi connectivity index (χ1) is 14.3. The number of methoxy groups -OCH3 is 2. The molecule has 0 bridgehead atoms. The second-order valence-corrected chi connectivity index (χ2v) is 7.81.